The standard InChI is InChI=1S/C13H15ClN4/c1-8-4-5-10(14)7-11(8)17-12-6-9(2)16-13(15-3)18-12/h4-7H,1-3H3,(H2,15,16,17,18). The Labute approximate surface area is 111 Å². The van der Waals surface area contributed by atoms with Crippen LogP contribution in [-0.2, 0) is 0 Å². The van der Waals surface area contributed by atoms with Crippen LogP contribution in [0.1, 0.15) is 11.3 Å². The molecule has 1 aromatic carbocycles. The van der Waals surface area contributed by atoms with Crippen LogP contribution in [0.25, 0.3) is 0 Å². The van der Waals surface area contributed by atoms with Crippen molar-refractivity contribution in [2.45, 2.75) is 13.8 Å². The summed E-state index contributed by atoms with van der Waals surface area (Å²) in [5.74, 6) is 1.34. The number of aromatic nitrogens is 2. The van der Waals surface area contributed by atoms with Crippen LogP contribution in [0.4, 0.5) is 17.5 Å². The van der Waals surface area contributed by atoms with Gasteiger partial charge >= 0.3 is 0 Å². The molecule has 0 fully saturated rings. The van der Waals surface area contributed by atoms with Gasteiger partial charge < -0.3 is 10.6 Å². The lowest BCUT2D eigenvalue weighted by Crippen LogP contribution is -2.02. The van der Waals surface area contributed by atoms with Gasteiger partial charge in [-0.05, 0) is 31.5 Å². The second kappa shape index (κ2) is 5.23. The van der Waals surface area contributed by atoms with Crippen LogP contribution in [0.15, 0.2) is 24.3 Å². The van der Waals surface area contributed by atoms with Crippen molar-refractivity contribution in [3.63, 3.8) is 0 Å². The molecule has 0 aliphatic carbocycles. The van der Waals surface area contributed by atoms with Crippen LogP contribution in [0.3, 0.4) is 0 Å². The molecule has 2 aromatic rings. The van der Waals surface area contributed by atoms with Crippen molar-refractivity contribution in [3.05, 3.63) is 40.5 Å². The number of hydrogen-bond donors (Lipinski definition) is 2. The Morgan fingerprint density at radius 1 is 1.11 bits per heavy atom. The Bertz CT molecular complexity index is 569. The van der Waals surface area contributed by atoms with E-state index in [9.17, 15) is 0 Å². The monoisotopic (exact) mass is 262 g/mol. The number of nitrogens with zero attached hydrogens (tertiary/aromatic N) is 2. The van der Waals surface area contributed by atoms with Crippen LogP contribution >= 0.6 is 11.6 Å². The lowest BCUT2D eigenvalue weighted by molar-refractivity contribution is 1.10. The molecule has 0 aliphatic rings. The molecule has 0 amide bonds. The maximum atomic E-state index is 5.99. The van der Waals surface area contributed by atoms with Crippen molar-refractivity contribution < 1.29 is 0 Å². The molecular formula is C13H15ClN4. The molecule has 94 valence electrons. The SMILES string of the molecule is CNc1nc(C)cc(Nc2cc(Cl)ccc2C)n1. The normalized spacial score (nSPS) is 10.2. The summed E-state index contributed by atoms with van der Waals surface area (Å²) in [5, 5.41) is 6.88. The van der Waals surface area contributed by atoms with Gasteiger partial charge in [-0.1, -0.05) is 17.7 Å². The van der Waals surface area contributed by atoms with E-state index in [0.29, 0.717) is 11.0 Å². The van der Waals surface area contributed by atoms with E-state index in [0.717, 1.165) is 22.8 Å². The van der Waals surface area contributed by atoms with Gasteiger partial charge in [0, 0.05) is 29.5 Å². The van der Waals surface area contributed by atoms with Crippen LogP contribution in [0.5, 0.6) is 0 Å². The Morgan fingerprint density at radius 2 is 1.89 bits per heavy atom. The Kier molecular flexibility index (Phi) is 3.67. The van der Waals surface area contributed by atoms with Crippen molar-refractivity contribution in [3.8, 4) is 0 Å². The van der Waals surface area contributed by atoms with Crippen molar-refractivity contribution in [2.24, 2.45) is 0 Å². The van der Waals surface area contributed by atoms with E-state index in [1.54, 1.807) is 7.05 Å². The second-order valence-corrected chi connectivity index (χ2v) is 4.49. The first-order valence-electron chi connectivity index (χ1n) is 5.65. The van der Waals surface area contributed by atoms with Crippen LogP contribution in [0.2, 0.25) is 5.02 Å². The summed E-state index contributed by atoms with van der Waals surface area (Å²) in [6, 6.07) is 7.61. The number of rotatable bonds is 3. The lowest BCUT2D eigenvalue weighted by atomic mass is 10.2. The molecule has 0 radical (unpaired) electrons. The molecule has 0 unspecified atom stereocenters. The molecule has 0 spiro atoms. The van der Waals surface area contributed by atoms with E-state index in [2.05, 4.69) is 20.6 Å². The van der Waals surface area contributed by atoms with E-state index in [1.165, 1.54) is 0 Å². The number of benzene rings is 1. The highest BCUT2D eigenvalue weighted by atomic mass is 35.5. The molecular weight excluding hydrogens is 248 g/mol. The summed E-state index contributed by atoms with van der Waals surface area (Å²) >= 11 is 5.99. The predicted molar refractivity (Wildman–Crippen MR) is 75.8 cm³/mol. The minimum atomic E-state index is 0.595. The molecule has 4 nitrogen and oxygen atoms in total. The van der Waals surface area contributed by atoms with E-state index < -0.39 is 0 Å². The lowest BCUT2D eigenvalue weighted by Gasteiger charge is -2.10. The fourth-order valence-electron chi connectivity index (χ4n) is 1.61. The molecule has 0 saturated carbocycles. The minimum Gasteiger partial charge on any atom is -0.357 e. The van der Waals surface area contributed by atoms with Crippen molar-refractivity contribution in [2.75, 3.05) is 17.7 Å². The zero-order chi connectivity index (χ0) is 13.1. The average molecular weight is 263 g/mol. The summed E-state index contributed by atoms with van der Waals surface area (Å²) in [4.78, 5) is 8.59. The Balaban J connectivity index is 2.33. The third-order valence-electron chi connectivity index (χ3n) is 2.54. The van der Waals surface area contributed by atoms with Gasteiger partial charge in [0.1, 0.15) is 5.82 Å². The predicted octanol–water partition coefficient (Wildman–Crippen LogP) is 3.53. The minimum absolute atomic E-state index is 0.595. The topological polar surface area (TPSA) is 49.8 Å². The molecule has 1 heterocycles. The van der Waals surface area contributed by atoms with Crippen LogP contribution in [-0.4, -0.2) is 17.0 Å². The van der Waals surface area contributed by atoms with Crippen molar-refractivity contribution in [1.82, 2.24) is 9.97 Å². The smallest absolute Gasteiger partial charge is 0.224 e. The quantitative estimate of drug-likeness (QED) is 0.888. The van der Waals surface area contributed by atoms with Gasteiger partial charge in [-0.2, -0.15) is 4.98 Å². The number of aryl methyl sites for hydroxylation is 2. The molecule has 0 aliphatic heterocycles. The summed E-state index contributed by atoms with van der Waals surface area (Å²) in [6.45, 7) is 3.95. The van der Waals surface area contributed by atoms with Crippen molar-refractivity contribution >= 4 is 29.1 Å². The highest BCUT2D eigenvalue weighted by Gasteiger charge is 2.04. The second-order valence-electron chi connectivity index (χ2n) is 4.05. The highest BCUT2D eigenvalue weighted by molar-refractivity contribution is 6.30. The molecule has 2 rings (SSSR count). The molecule has 0 saturated heterocycles. The zero-order valence-electron chi connectivity index (χ0n) is 10.6. The average Bonchev–Trinajstić information content (AvgIpc) is 2.33. The van der Waals surface area contributed by atoms with Gasteiger partial charge in [-0.25, -0.2) is 4.98 Å². The molecule has 0 bridgehead atoms. The zero-order valence-corrected chi connectivity index (χ0v) is 11.3. The van der Waals surface area contributed by atoms with Crippen LogP contribution < -0.4 is 10.6 Å². The number of nitrogens with one attached hydrogen (secondary N) is 2. The van der Waals surface area contributed by atoms with E-state index in [-0.39, 0.29) is 0 Å². The van der Waals surface area contributed by atoms with Gasteiger partial charge in [0.25, 0.3) is 0 Å². The van der Waals surface area contributed by atoms with Crippen LogP contribution in [0, 0.1) is 13.8 Å². The van der Waals surface area contributed by atoms with E-state index in [4.69, 9.17) is 11.6 Å². The number of anilines is 3. The Hall–Kier alpha value is -1.81. The fourth-order valence-corrected chi connectivity index (χ4v) is 1.78. The molecule has 18 heavy (non-hydrogen) atoms. The maximum absolute atomic E-state index is 5.99. The van der Waals surface area contributed by atoms with Gasteiger partial charge in [0.05, 0.1) is 0 Å². The molecule has 2 N–H and O–H groups in total. The fraction of sp³-hybridized carbons (Fsp3) is 0.231. The number of halogens is 1. The summed E-state index contributed by atoms with van der Waals surface area (Å²) in [5.41, 5.74) is 2.96. The third kappa shape index (κ3) is 2.90. The van der Waals surface area contributed by atoms with E-state index >= 15 is 0 Å². The summed E-state index contributed by atoms with van der Waals surface area (Å²) < 4.78 is 0. The first-order valence-corrected chi connectivity index (χ1v) is 6.03. The largest absolute Gasteiger partial charge is 0.357 e. The first kappa shape index (κ1) is 12.6. The van der Waals surface area contributed by atoms with Crippen molar-refractivity contribution in [1.29, 1.82) is 0 Å². The number of hydrogen-bond acceptors (Lipinski definition) is 4. The molecule has 0 atom stereocenters. The first-order chi connectivity index (χ1) is 8.58. The third-order valence-corrected chi connectivity index (χ3v) is 2.78. The summed E-state index contributed by atoms with van der Waals surface area (Å²) in [6.07, 6.45) is 0. The molecule has 5 heteroatoms. The Morgan fingerprint density at radius 3 is 2.61 bits per heavy atom. The molecule has 1 aromatic heterocycles. The maximum Gasteiger partial charge on any atom is 0.224 e. The van der Waals surface area contributed by atoms with Gasteiger partial charge in [-0.15, -0.1) is 0 Å². The van der Waals surface area contributed by atoms with E-state index in [1.807, 2.05) is 38.1 Å². The van der Waals surface area contributed by atoms with Gasteiger partial charge in [-0.3, -0.25) is 0 Å². The van der Waals surface area contributed by atoms with Gasteiger partial charge in [0.2, 0.25) is 5.95 Å². The summed E-state index contributed by atoms with van der Waals surface area (Å²) in [7, 11) is 1.79. The highest BCUT2D eigenvalue weighted by Crippen LogP contribution is 2.23. The van der Waals surface area contributed by atoms with Gasteiger partial charge in [0.15, 0.2) is 0 Å².